The molecule has 2 aromatic carbocycles. The van der Waals surface area contributed by atoms with Crippen LogP contribution >= 0.6 is 27.5 Å². The lowest BCUT2D eigenvalue weighted by Gasteiger charge is -2.10. The minimum atomic E-state index is -0.718. The summed E-state index contributed by atoms with van der Waals surface area (Å²) < 4.78 is 12.7. The van der Waals surface area contributed by atoms with Crippen LogP contribution in [0.15, 0.2) is 60.9 Å². The van der Waals surface area contributed by atoms with Crippen molar-refractivity contribution in [2.24, 2.45) is 0 Å². The summed E-state index contributed by atoms with van der Waals surface area (Å²) in [7, 11) is 0. The largest absolute Gasteiger partial charge is 0.494 e. The highest BCUT2D eigenvalue weighted by Crippen LogP contribution is 2.20. The summed E-state index contributed by atoms with van der Waals surface area (Å²) in [6.45, 7) is 0.749. The van der Waals surface area contributed by atoms with E-state index in [1.165, 1.54) is 4.57 Å². The van der Waals surface area contributed by atoms with Crippen molar-refractivity contribution in [3.63, 3.8) is 0 Å². The molecule has 3 aromatic rings. The molecule has 1 heterocycles. The Bertz CT molecular complexity index is 979. The summed E-state index contributed by atoms with van der Waals surface area (Å²) >= 11 is 9.51. The van der Waals surface area contributed by atoms with Crippen LogP contribution in [-0.4, -0.2) is 11.2 Å². The highest BCUT2D eigenvalue weighted by molar-refractivity contribution is 9.10. The molecule has 0 saturated heterocycles. The van der Waals surface area contributed by atoms with E-state index in [2.05, 4.69) is 15.9 Å². The number of halogens is 2. The molecule has 7 heteroatoms. The lowest BCUT2D eigenvalue weighted by atomic mass is 10.2. The first-order chi connectivity index (χ1) is 11.6. The van der Waals surface area contributed by atoms with E-state index in [1.807, 2.05) is 24.3 Å². The fourth-order valence-corrected chi connectivity index (χ4v) is 2.92. The fraction of sp³-hybridized carbons (Fsp3) is 0.176. The Hall–Kier alpha value is -2.05. The molecule has 0 bridgehead atoms. The molecular weight excluding hydrogens is 398 g/mol. The fourth-order valence-electron chi connectivity index (χ4n) is 2.38. The monoisotopic (exact) mass is 409 g/mol. The predicted molar refractivity (Wildman–Crippen MR) is 96.0 cm³/mol. The van der Waals surface area contributed by atoms with Gasteiger partial charge in [-0.25, -0.2) is 9.59 Å². The van der Waals surface area contributed by atoms with Crippen molar-refractivity contribution in [3.05, 3.63) is 72.9 Å². The van der Waals surface area contributed by atoms with E-state index < -0.39 is 11.4 Å². The molecule has 0 N–H and O–H groups in total. The predicted octanol–water partition coefficient (Wildman–Crippen LogP) is 3.84. The van der Waals surface area contributed by atoms with Crippen LogP contribution in [0.25, 0.3) is 10.9 Å². The number of para-hydroxylation sites is 1. The first-order valence-corrected chi connectivity index (χ1v) is 8.44. The second-order valence-electron chi connectivity index (χ2n) is 5.10. The first-order valence-electron chi connectivity index (χ1n) is 7.27. The summed E-state index contributed by atoms with van der Waals surface area (Å²) in [5.74, 6) is 0.0253. The number of benzene rings is 2. The van der Waals surface area contributed by atoms with Crippen LogP contribution in [-0.2, 0) is 6.54 Å². The van der Waals surface area contributed by atoms with Gasteiger partial charge in [0.2, 0.25) is 0 Å². The van der Waals surface area contributed by atoms with Crippen molar-refractivity contribution in [2.75, 3.05) is 6.61 Å². The lowest BCUT2D eigenvalue weighted by molar-refractivity contribution is 0.296. The standard InChI is InChI=1S/C17H13BrClNO4/c18-11-5-7-12(8-6-11)23-10-2-9-20-15-13(3-1-4-14(15)19)16(21)24-17(20)22/h1,3-8H,2,9-10H2. The van der Waals surface area contributed by atoms with Gasteiger partial charge in [0.05, 0.1) is 22.5 Å². The van der Waals surface area contributed by atoms with Crippen molar-refractivity contribution in [3.8, 4) is 5.75 Å². The third-order valence-electron chi connectivity index (χ3n) is 3.49. The smallest absolute Gasteiger partial charge is 0.422 e. The van der Waals surface area contributed by atoms with Gasteiger partial charge in [0, 0.05) is 11.0 Å². The van der Waals surface area contributed by atoms with E-state index >= 15 is 0 Å². The van der Waals surface area contributed by atoms with E-state index in [1.54, 1.807) is 18.2 Å². The zero-order valence-corrected chi connectivity index (χ0v) is 14.8. The number of rotatable bonds is 5. The van der Waals surface area contributed by atoms with Gasteiger partial charge in [0.15, 0.2) is 0 Å². The molecule has 1 aromatic heterocycles. The topological polar surface area (TPSA) is 61.4 Å². The molecule has 0 atom stereocenters. The SMILES string of the molecule is O=c1oc(=O)n(CCCOc2ccc(Br)cc2)c2c(Cl)cccc12. The van der Waals surface area contributed by atoms with Gasteiger partial charge in [-0.15, -0.1) is 0 Å². The molecule has 0 aliphatic carbocycles. The zero-order chi connectivity index (χ0) is 17.1. The van der Waals surface area contributed by atoms with E-state index in [-0.39, 0.29) is 5.39 Å². The number of aromatic nitrogens is 1. The molecule has 0 saturated carbocycles. The second kappa shape index (κ2) is 7.23. The maximum Gasteiger partial charge on any atom is 0.422 e. The zero-order valence-electron chi connectivity index (χ0n) is 12.5. The third kappa shape index (κ3) is 3.55. The molecule has 0 amide bonds. The van der Waals surface area contributed by atoms with Crippen LogP contribution in [0.5, 0.6) is 5.75 Å². The summed E-state index contributed by atoms with van der Waals surface area (Å²) in [6, 6.07) is 12.3. The molecular formula is C17H13BrClNO4. The van der Waals surface area contributed by atoms with Crippen LogP contribution in [0.1, 0.15) is 6.42 Å². The van der Waals surface area contributed by atoms with Crippen LogP contribution in [0, 0.1) is 0 Å². The molecule has 0 aliphatic rings. The third-order valence-corrected chi connectivity index (χ3v) is 4.32. The van der Waals surface area contributed by atoms with Gasteiger partial charge >= 0.3 is 11.4 Å². The normalized spacial score (nSPS) is 10.9. The molecule has 0 spiro atoms. The van der Waals surface area contributed by atoms with E-state index in [9.17, 15) is 9.59 Å². The maximum atomic E-state index is 12.0. The first kappa shape index (κ1) is 16.8. The van der Waals surface area contributed by atoms with Crippen molar-refractivity contribution in [2.45, 2.75) is 13.0 Å². The Morgan fingerprint density at radius 3 is 2.62 bits per heavy atom. The Morgan fingerprint density at radius 1 is 1.12 bits per heavy atom. The van der Waals surface area contributed by atoms with Crippen LogP contribution < -0.4 is 16.1 Å². The molecule has 0 aliphatic heterocycles. The molecule has 0 radical (unpaired) electrons. The molecule has 24 heavy (non-hydrogen) atoms. The van der Waals surface area contributed by atoms with Crippen LogP contribution in [0.4, 0.5) is 0 Å². The van der Waals surface area contributed by atoms with E-state index in [0.717, 1.165) is 10.2 Å². The van der Waals surface area contributed by atoms with E-state index in [0.29, 0.717) is 30.1 Å². The molecule has 0 unspecified atom stereocenters. The Morgan fingerprint density at radius 2 is 1.88 bits per heavy atom. The highest BCUT2D eigenvalue weighted by Gasteiger charge is 2.12. The van der Waals surface area contributed by atoms with Crippen LogP contribution in [0.2, 0.25) is 5.02 Å². The average Bonchev–Trinajstić information content (AvgIpc) is 2.56. The average molecular weight is 411 g/mol. The summed E-state index contributed by atoms with van der Waals surface area (Å²) in [5.41, 5.74) is -0.288. The Kier molecular flexibility index (Phi) is 5.06. The molecule has 3 rings (SSSR count). The second-order valence-corrected chi connectivity index (χ2v) is 6.42. The van der Waals surface area contributed by atoms with Gasteiger partial charge in [-0.2, -0.15) is 0 Å². The highest BCUT2D eigenvalue weighted by atomic mass is 79.9. The summed E-state index contributed by atoms with van der Waals surface area (Å²) in [5, 5.41) is 0.627. The number of fused-ring (bicyclic) bond motifs is 1. The summed E-state index contributed by atoms with van der Waals surface area (Å²) in [6.07, 6.45) is 0.560. The van der Waals surface area contributed by atoms with Crippen molar-refractivity contribution in [1.29, 1.82) is 0 Å². The maximum absolute atomic E-state index is 12.0. The quantitative estimate of drug-likeness (QED) is 0.600. The minimum absolute atomic E-state index is 0.288. The molecule has 124 valence electrons. The van der Waals surface area contributed by atoms with Gasteiger partial charge in [0.1, 0.15) is 5.75 Å². The van der Waals surface area contributed by atoms with E-state index in [4.69, 9.17) is 20.8 Å². The van der Waals surface area contributed by atoms with Crippen LogP contribution in [0.3, 0.4) is 0 Å². The Balaban J connectivity index is 1.77. The van der Waals surface area contributed by atoms with Crippen molar-refractivity contribution < 1.29 is 9.15 Å². The van der Waals surface area contributed by atoms with Gasteiger partial charge in [-0.05, 0) is 42.8 Å². The lowest BCUT2D eigenvalue weighted by Crippen LogP contribution is -2.26. The van der Waals surface area contributed by atoms with Crippen molar-refractivity contribution >= 4 is 38.4 Å². The molecule has 5 nitrogen and oxygen atoms in total. The number of aryl methyl sites for hydroxylation is 1. The van der Waals surface area contributed by atoms with Crippen molar-refractivity contribution in [1.82, 2.24) is 4.57 Å². The van der Waals surface area contributed by atoms with Gasteiger partial charge in [0.25, 0.3) is 0 Å². The number of ether oxygens (including phenoxy) is 1. The number of hydrogen-bond acceptors (Lipinski definition) is 4. The van der Waals surface area contributed by atoms with Gasteiger partial charge in [-0.1, -0.05) is 33.6 Å². The van der Waals surface area contributed by atoms with Gasteiger partial charge < -0.3 is 9.15 Å². The number of hydrogen-bond donors (Lipinski definition) is 0. The Labute approximate surface area is 150 Å². The minimum Gasteiger partial charge on any atom is -0.494 e. The van der Waals surface area contributed by atoms with Gasteiger partial charge in [-0.3, -0.25) is 4.57 Å². The number of nitrogens with zero attached hydrogens (tertiary/aromatic N) is 1. The summed E-state index contributed by atoms with van der Waals surface area (Å²) in [4.78, 5) is 23.8. The molecule has 0 fully saturated rings.